The summed E-state index contributed by atoms with van der Waals surface area (Å²) in [4.78, 5) is 16.2. The highest BCUT2D eigenvalue weighted by molar-refractivity contribution is 9.10. The predicted molar refractivity (Wildman–Crippen MR) is 85.5 cm³/mol. The molecule has 1 aromatic heterocycles. The minimum Gasteiger partial charge on any atom is -0.385 e. The van der Waals surface area contributed by atoms with Crippen LogP contribution in [0.15, 0.2) is 41.0 Å². The fourth-order valence-electron chi connectivity index (χ4n) is 1.64. The first kappa shape index (κ1) is 14.8. The number of nitrogens with zero attached hydrogens (tertiary/aromatic N) is 1. The summed E-state index contributed by atoms with van der Waals surface area (Å²) in [6.07, 6.45) is 1.60. The number of amides is 1. The third-order valence-corrected chi connectivity index (χ3v) is 3.76. The number of rotatable bonds is 4. The molecular weight excluding hydrogens is 342 g/mol. The van der Waals surface area contributed by atoms with Crippen LogP contribution in [0.2, 0.25) is 5.02 Å². The second kappa shape index (κ2) is 6.72. The van der Waals surface area contributed by atoms with Gasteiger partial charge < -0.3 is 10.6 Å². The zero-order chi connectivity index (χ0) is 14.5. The maximum Gasteiger partial charge on any atom is 0.274 e. The Balaban J connectivity index is 2.15. The van der Waals surface area contributed by atoms with Gasteiger partial charge in [0.2, 0.25) is 0 Å². The van der Waals surface area contributed by atoms with E-state index in [9.17, 15) is 4.79 Å². The number of hydrogen-bond acceptors (Lipinski definition) is 3. The molecule has 0 atom stereocenters. The number of carbonyl (C=O) groups excluding carboxylic acids is 1. The fraction of sp³-hybridized carbons (Fsp3) is 0.143. The van der Waals surface area contributed by atoms with Gasteiger partial charge in [0.1, 0.15) is 5.69 Å². The van der Waals surface area contributed by atoms with Crippen LogP contribution < -0.4 is 10.6 Å². The number of carbonyl (C=O) groups is 1. The average Bonchev–Trinajstić information content (AvgIpc) is 2.43. The van der Waals surface area contributed by atoms with Gasteiger partial charge in [-0.2, -0.15) is 0 Å². The molecule has 0 aliphatic carbocycles. The molecule has 20 heavy (non-hydrogen) atoms. The van der Waals surface area contributed by atoms with Crippen LogP contribution in [0.5, 0.6) is 0 Å². The van der Waals surface area contributed by atoms with E-state index in [1.807, 2.05) is 13.0 Å². The molecule has 2 rings (SSSR count). The molecule has 0 saturated heterocycles. The maximum absolute atomic E-state index is 12.1. The summed E-state index contributed by atoms with van der Waals surface area (Å²) in [5, 5.41) is 6.51. The van der Waals surface area contributed by atoms with Crippen LogP contribution in [0.3, 0.4) is 0 Å². The summed E-state index contributed by atoms with van der Waals surface area (Å²) in [6, 6.07) is 8.72. The molecule has 0 radical (unpaired) electrons. The van der Waals surface area contributed by atoms with Crippen LogP contribution in [-0.2, 0) is 0 Å². The molecule has 4 nitrogen and oxygen atoms in total. The highest BCUT2D eigenvalue weighted by atomic mass is 79.9. The molecule has 1 aromatic carbocycles. The maximum atomic E-state index is 12.1. The Bertz CT molecular complexity index is 634. The van der Waals surface area contributed by atoms with Crippen LogP contribution >= 0.6 is 27.5 Å². The summed E-state index contributed by atoms with van der Waals surface area (Å²) >= 11 is 9.23. The lowest BCUT2D eigenvalue weighted by Crippen LogP contribution is -2.14. The van der Waals surface area contributed by atoms with Gasteiger partial charge in [0.15, 0.2) is 0 Å². The number of aromatic nitrogens is 1. The SMILES string of the molecule is CCNc1ccnc(C(=O)Nc2ccc(Cl)c(Br)c2)c1. The fourth-order valence-corrected chi connectivity index (χ4v) is 2.13. The summed E-state index contributed by atoms with van der Waals surface area (Å²) in [5.41, 5.74) is 1.88. The van der Waals surface area contributed by atoms with Crippen molar-refractivity contribution in [2.75, 3.05) is 17.2 Å². The summed E-state index contributed by atoms with van der Waals surface area (Å²) in [5.74, 6) is -0.265. The van der Waals surface area contributed by atoms with Crippen molar-refractivity contribution in [2.24, 2.45) is 0 Å². The van der Waals surface area contributed by atoms with Crippen LogP contribution in [0.25, 0.3) is 0 Å². The Hall–Kier alpha value is -1.59. The van der Waals surface area contributed by atoms with E-state index in [2.05, 4.69) is 31.5 Å². The molecule has 0 fully saturated rings. The van der Waals surface area contributed by atoms with Crippen molar-refractivity contribution in [3.63, 3.8) is 0 Å². The number of hydrogen-bond donors (Lipinski definition) is 2. The van der Waals surface area contributed by atoms with E-state index in [0.29, 0.717) is 16.4 Å². The zero-order valence-electron chi connectivity index (χ0n) is 10.8. The predicted octanol–water partition coefficient (Wildman–Crippen LogP) is 4.18. The zero-order valence-corrected chi connectivity index (χ0v) is 13.1. The Labute approximate surface area is 130 Å². The highest BCUT2D eigenvalue weighted by Gasteiger charge is 2.09. The average molecular weight is 355 g/mol. The van der Waals surface area contributed by atoms with Crippen molar-refractivity contribution in [1.29, 1.82) is 0 Å². The first-order valence-corrected chi connectivity index (χ1v) is 7.23. The topological polar surface area (TPSA) is 54.0 Å². The van der Waals surface area contributed by atoms with E-state index in [-0.39, 0.29) is 5.91 Å². The van der Waals surface area contributed by atoms with E-state index < -0.39 is 0 Å². The van der Waals surface area contributed by atoms with Crippen molar-refractivity contribution >= 4 is 44.8 Å². The van der Waals surface area contributed by atoms with Gasteiger partial charge in [-0.05, 0) is 53.2 Å². The lowest BCUT2D eigenvalue weighted by molar-refractivity contribution is 0.102. The molecule has 0 spiro atoms. The van der Waals surface area contributed by atoms with Crippen molar-refractivity contribution in [2.45, 2.75) is 6.92 Å². The first-order chi connectivity index (χ1) is 9.60. The van der Waals surface area contributed by atoms with Crippen LogP contribution in [0, 0.1) is 0 Å². The van der Waals surface area contributed by atoms with E-state index >= 15 is 0 Å². The second-order valence-electron chi connectivity index (χ2n) is 4.04. The molecule has 0 unspecified atom stereocenters. The van der Waals surface area contributed by atoms with Gasteiger partial charge in [0, 0.05) is 28.6 Å². The number of benzene rings is 1. The third kappa shape index (κ3) is 3.71. The Morgan fingerprint density at radius 2 is 2.10 bits per heavy atom. The van der Waals surface area contributed by atoms with Crippen molar-refractivity contribution in [3.8, 4) is 0 Å². The third-order valence-electron chi connectivity index (χ3n) is 2.55. The Morgan fingerprint density at radius 1 is 1.30 bits per heavy atom. The molecule has 2 N–H and O–H groups in total. The van der Waals surface area contributed by atoms with Crippen molar-refractivity contribution in [3.05, 3.63) is 51.7 Å². The molecule has 0 aliphatic rings. The molecule has 6 heteroatoms. The van der Waals surface area contributed by atoms with Gasteiger partial charge in [0.05, 0.1) is 5.02 Å². The number of anilines is 2. The van der Waals surface area contributed by atoms with Gasteiger partial charge in [-0.1, -0.05) is 11.6 Å². The van der Waals surface area contributed by atoms with E-state index in [1.165, 1.54) is 0 Å². The van der Waals surface area contributed by atoms with Gasteiger partial charge in [-0.15, -0.1) is 0 Å². The molecule has 0 aliphatic heterocycles. The summed E-state index contributed by atoms with van der Waals surface area (Å²) in [7, 11) is 0. The number of pyridine rings is 1. The monoisotopic (exact) mass is 353 g/mol. The number of nitrogens with one attached hydrogen (secondary N) is 2. The van der Waals surface area contributed by atoms with Crippen LogP contribution in [0.1, 0.15) is 17.4 Å². The normalized spacial score (nSPS) is 10.2. The largest absolute Gasteiger partial charge is 0.385 e. The minimum atomic E-state index is -0.265. The van der Waals surface area contributed by atoms with Crippen LogP contribution in [-0.4, -0.2) is 17.4 Å². The molecule has 2 aromatic rings. The highest BCUT2D eigenvalue weighted by Crippen LogP contribution is 2.25. The molecule has 0 saturated carbocycles. The van der Waals surface area contributed by atoms with Crippen LogP contribution in [0.4, 0.5) is 11.4 Å². The standard InChI is InChI=1S/C14H13BrClN3O/c1-2-17-9-5-6-18-13(8-9)14(20)19-10-3-4-12(16)11(15)7-10/h3-8H,2H2,1H3,(H,17,18)(H,19,20). The quantitative estimate of drug-likeness (QED) is 0.866. The van der Waals surface area contributed by atoms with E-state index in [0.717, 1.165) is 16.7 Å². The van der Waals surface area contributed by atoms with E-state index in [1.54, 1.807) is 30.5 Å². The van der Waals surface area contributed by atoms with Crippen molar-refractivity contribution < 1.29 is 4.79 Å². The first-order valence-electron chi connectivity index (χ1n) is 6.06. The Kier molecular flexibility index (Phi) is 4.98. The summed E-state index contributed by atoms with van der Waals surface area (Å²) in [6.45, 7) is 2.78. The minimum absolute atomic E-state index is 0.265. The molecule has 1 heterocycles. The lowest BCUT2D eigenvalue weighted by Gasteiger charge is -2.08. The summed E-state index contributed by atoms with van der Waals surface area (Å²) < 4.78 is 0.728. The Morgan fingerprint density at radius 3 is 2.80 bits per heavy atom. The smallest absolute Gasteiger partial charge is 0.274 e. The second-order valence-corrected chi connectivity index (χ2v) is 5.30. The van der Waals surface area contributed by atoms with Gasteiger partial charge in [-0.3, -0.25) is 9.78 Å². The van der Waals surface area contributed by atoms with Crippen molar-refractivity contribution in [1.82, 2.24) is 4.98 Å². The lowest BCUT2D eigenvalue weighted by atomic mass is 10.2. The number of halogens is 2. The van der Waals surface area contributed by atoms with E-state index in [4.69, 9.17) is 11.6 Å². The molecular formula is C14H13BrClN3O. The molecule has 104 valence electrons. The van der Waals surface area contributed by atoms with Gasteiger partial charge in [0.25, 0.3) is 5.91 Å². The van der Waals surface area contributed by atoms with Gasteiger partial charge >= 0.3 is 0 Å². The molecule has 1 amide bonds. The van der Waals surface area contributed by atoms with Gasteiger partial charge in [-0.25, -0.2) is 0 Å². The molecule has 0 bridgehead atoms.